The lowest BCUT2D eigenvalue weighted by Gasteiger charge is -2.25. The molecule has 114 valence electrons. The molecule has 0 saturated carbocycles. The Balaban J connectivity index is 4.72. The Kier molecular flexibility index (Phi) is 5.96. The van der Waals surface area contributed by atoms with Gasteiger partial charge in [0.2, 0.25) is 0 Å². The van der Waals surface area contributed by atoms with E-state index in [1.807, 2.05) is 0 Å². The second kappa shape index (κ2) is 6.18. The minimum atomic E-state index is -4.98. The monoisotopic (exact) mass is 325 g/mol. The van der Waals surface area contributed by atoms with E-state index in [0.29, 0.717) is 0 Å². The highest BCUT2D eigenvalue weighted by atomic mass is 32.2. The van der Waals surface area contributed by atoms with Gasteiger partial charge in [-0.3, -0.25) is 4.55 Å². The first-order chi connectivity index (χ1) is 8.22. The molecule has 0 radical (unpaired) electrons. The molecule has 0 unspecified atom stereocenters. The van der Waals surface area contributed by atoms with E-state index in [9.17, 15) is 26.4 Å². The highest BCUT2D eigenvalue weighted by Crippen LogP contribution is 2.30. The van der Waals surface area contributed by atoms with Crippen molar-refractivity contribution >= 4 is 28.2 Å². The minimum absolute atomic E-state index is 0.156. The zero-order valence-corrected chi connectivity index (χ0v) is 12.0. The SMILES string of the molecule is CC(C)(C)OC(=O)N(CCSC(F)(F)F)S(=O)(=O)O. The van der Waals surface area contributed by atoms with Crippen LogP contribution in [0.3, 0.4) is 0 Å². The van der Waals surface area contributed by atoms with E-state index in [2.05, 4.69) is 4.74 Å². The Morgan fingerprint density at radius 1 is 1.32 bits per heavy atom. The van der Waals surface area contributed by atoms with Gasteiger partial charge < -0.3 is 4.74 Å². The lowest BCUT2D eigenvalue weighted by atomic mass is 10.2. The molecular formula is C8H14F3NO5S2. The Morgan fingerprint density at radius 2 is 1.79 bits per heavy atom. The van der Waals surface area contributed by atoms with Crippen molar-refractivity contribution < 1.29 is 35.7 Å². The van der Waals surface area contributed by atoms with Crippen molar-refractivity contribution in [3.8, 4) is 0 Å². The zero-order chi connectivity index (χ0) is 15.5. The third kappa shape index (κ3) is 8.94. The summed E-state index contributed by atoms with van der Waals surface area (Å²) in [7, 11) is -4.98. The molecule has 0 aliphatic rings. The number of hydrogen-bond acceptors (Lipinski definition) is 5. The summed E-state index contributed by atoms with van der Waals surface area (Å²) < 4.78 is 70.8. The zero-order valence-electron chi connectivity index (χ0n) is 10.4. The summed E-state index contributed by atoms with van der Waals surface area (Å²) >= 11 is -0.512. The van der Waals surface area contributed by atoms with Gasteiger partial charge in [-0.2, -0.15) is 25.9 Å². The van der Waals surface area contributed by atoms with Crippen LogP contribution in [0.15, 0.2) is 0 Å². The predicted octanol–water partition coefficient (Wildman–Crippen LogP) is 2.28. The normalized spacial score (nSPS) is 13.2. The first kappa shape index (κ1) is 18.3. The summed E-state index contributed by atoms with van der Waals surface area (Å²) in [6.45, 7) is 3.48. The molecule has 0 aromatic heterocycles. The largest absolute Gasteiger partial charge is 0.443 e. The summed E-state index contributed by atoms with van der Waals surface area (Å²) in [5.74, 6) is -0.747. The number of ether oxygens (including phenoxy) is 1. The van der Waals surface area contributed by atoms with Crippen LogP contribution in [0.5, 0.6) is 0 Å². The Bertz CT molecular complexity index is 415. The van der Waals surface area contributed by atoms with Crippen molar-refractivity contribution in [3.63, 3.8) is 0 Å². The van der Waals surface area contributed by atoms with Crippen molar-refractivity contribution in [1.29, 1.82) is 0 Å². The van der Waals surface area contributed by atoms with Gasteiger partial charge >= 0.3 is 21.9 Å². The summed E-state index contributed by atoms with van der Waals surface area (Å²) in [6.07, 6.45) is -1.43. The van der Waals surface area contributed by atoms with Crippen LogP contribution in [0.4, 0.5) is 18.0 Å². The van der Waals surface area contributed by atoms with Crippen LogP contribution in [-0.2, 0) is 15.0 Å². The van der Waals surface area contributed by atoms with Gasteiger partial charge in [-0.15, -0.1) is 0 Å². The number of hydrogen-bond donors (Lipinski definition) is 1. The van der Waals surface area contributed by atoms with Gasteiger partial charge in [0.1, 0.15) is 5.60 Å². The fourth-order valence-corrected chi connectivity index (χ4v) is 2.03. The predicted molar refractivity (Wildman–Crippen MR) is 63.0 cm³/mol. The number of alkyl halides is 3. The molecule has 0 aromatic carbocycles. The Labute approximate surface area is 113 Å². The fraction of sp³-hybridized carbons (Fsp3) is 0.875. The molecule has 0 aromatic rings. The number of carbonyl (C=O) groups excluding carboxylic acids is 1. The Hall–Kier alpha value is -0.680. The highest BCUT2D eigenvalue weighted by Gasteiger charge is 2.33. The van der Waals surface area contributed by atoms with Crippen LogP contribution in [-0.4, -0.2) is 46.8 Å². The topological polar surface area (TPSA) is 83.9 Å². The molecule has 1 N–H and O–H groups in total. The summed E-state index contributed by atoms with van der Waals surface area (Å²) in [4.78, 5) is 11.4. The number of carbonyl (C=O) groups is 1. The maximum absolute atomic E-state index is 11.9. The summed E-state index contributed by atoms with van der Waals surface area (Å²) in [5, 5.41) is 0. The molecule has 1 amide bonds. The van der Waals surface area contributed by atoms with Gasteiger partial charge in [-0.1, -0.05) is 0 Å². The molecule has 6 nitrogen and oxygen atoms in total. The molecule has 0 rings (SSSR count). The van der Waals surface area contributed by atoms with Gasteiger partial charge in [-0.25, -0.2) is 4.79 Å². The molecule has 0 saturated heterocycles. The van der Waals surface area contributed by atoms with Crippen LogP contribution in [0.25, 0.3) is 0 Å². The molecule has 0 atom stereocenters. The molecule has 0 bridgehead atoms. The number of halogens is 3. The Morgan fingerprint density at radius 3 is 2.11 bits per heavy atom. The molecule has 0 spiro atoms. The van der Waals surface area contributed by atoms with Crippen LogP contribution in [0.1, 0.15) is 20.8 Å². The molecule has 19 heavy (non-hydrogen) atoms. The van der Waals surface area contributed by atoms with Crippen LogP contribution < -0.4 is 0 Å². The third-order valence-corrected chi connectivity index (χ3v) is 3.04. The maximum atomic E-state index is 11.9. The molecule has 0 aliphatic heterocycles. The van der Waals surface area contributed by atoms with Gasteiger partial charge in [0, 0.05) is 5.75 Å². The van der Waals surface area contributed by atoms with E-state index >= 15 is 0 Å². The maximum Gasteiger partial charge on any atom is 0.441 e. The minimum Gasteiger partial charge on any atom is -0.443 e. The highest BCUT2D eigenvalue weighted by molar-refractivity contribution is 8.00. The molecular weight excluding hydrogens is 311 g/mol. The van der Waals surface area contributed by atoms with E-state index in [-0.39, 0.29) is 4.31 Å². The lowest BCUT2D eigenvalue weighted by Crippen LogP contribution is -2.41. The first-order valence-corrected chi connectivity index (χ1v) is 7.29. The second-order valence-corrected chi connectivity index (χ2v) is 6.82. The molecule has 0 fully saturated rings. The van der Waals surface area contributed by atoms with Crippen LogP contribution in [0, 0.1) is 0 Å². The summed E-state index contributed by atoms with van der Waals surface area (Å²) in [6, 6.07) is 0. The van der Waals surface area contributed by atoms with Crippen molar-refractivity contribution in [1.82, 2.24) is 4.31 Å². The standard InChI is InChI=1S/C8H14F3NO5S2/c1-7(2,3)17-6(13)12(19(14,15)16)4-5-18-8(9,10)11/h4-5H2,1-3H3,(H,14,15,16). The van der Waals surface area contributed by atoms with Gasteiger partial charge in [0.05, 0.1) is 6.54 Å². The average Bonchev–Trinajstić information content (AvgIpc) is 2.04. The number of nitrogens with zero attached hydrogens (tertiary/aromatic N) is 1. The van der Waals surface area contributed by atoms with E-state index in [1.54, 1.807) is 0 Å². The van der Waals surface area contributed by atoms with Gasteiger partial charge in [0.25, 0.3) is 0 Å². The number of thioether (sulfide) groups is 1. The quantitative estimate of drug-likeness (QED) is 0.798. The van der Waals surface area contributed by atoms with Crippen molar-refractivity contribution in [2.24, 2.45) is 0 Å². The molecule has 0 aliphatic carbocycles. The van der Waals surface area contributed by atoms with E-state index in [0.717, 1.165) is 0 Å². The van der Waals surface area contributed by atoms with Crippen LogP contribution >= 0.6 is 11.8 Å². The van der Waals surface area contributed by atoms with E-state index in [1.165, 1.54) is 20.8 Å². The number of rotatable bonds is 4. The van der Waals surface area contributed by atoms with E-state index in [4.69, 9.17) is 4.55 Å². The summed E-state index contributed by atoms with van der Waals surface area (Å²) in [5.41, 5.74) is -5.60. The first-order valence-electron chi connectivity index (χ1n) is 4.91. The smallest absolute Gasteiger partial charge is 0.441 e. The van der Waals surface area contributed by atoms with Gasteiger partial charge in [0.15, 0.2) is 0 Å². The fourth-order valence-electron chi connectivity index (χ4n) is 0.858. The van der Waals surface area contributed by atoms with Crippen molar-refractivity contribution in [2.45, 2.75) is 31.9 Å². The molecule has 0 heterocycles. The van der Waals surface area contributed by atoms with Crippen molar-refractivity contribution in [3.05, 3.63) is 0 Å². The van der Waals surface area contributed by atoms with Crippen molar-refractivity contribution in [2.75, 3.05) is 12.3 Å². The third-order valence-electron chi connectivity index (χ3n) is 1.44. The van der Waals surface area contributed by atoms with E-state index < -0.39 is 51.6 Å². The molecule has 11 heteroatoms. The van der Waals surface area contributed by atoms with Crippen LogP contribution in [0.2, 0.25) is 0 Å². The lowest BCUT2D eigenvalue weighted by molar-refractivity contribution is -0.0329. The van der Waals surface area contributed by atoms with Gasteiger partial charge in [-0.05, 0) is 32.5 Å². The average molecular weight is 325 g/mol. The second-order valence-electron chi connectivity index (χ2n) is 4.32. The number of amides is 1.